The highest BCUT2D eigenvalue weighted by Gasteiger charge is 2.18. The summed E-state index contributed by atoms with van der Waals surface area (Å²) in [6, 6.07) is 25.5. The molecule has 0 aliphatic heterocycles. The molecular formula is C26H20O5. The number of para-hydroxylation sites is 1. The Morgan fingerprint density at radius 2 is 1.68 bits per heavy atom. The van der Waals surface area contributed by atoms with Gasteiger partial charge in [-0.25, -0.2) is 4.79 Å². The number of benzene rings is 3. The molecule has 0 unspecified atom stereocenters. The van der Waals surface area contributed by atoms with Crippen LogP contribution in [0.4, 0.5) is 0 Å². The van der Waals surface area contributed by atoms with E-state index in [1.54, 1.807) is 25.3 Å². The van der Waals surface area contributed by atoms with E-state index in [2.05, 4.69) is 0 Å². The van der Waals surface area contributed by atoms with Crippen molar-refractivity contribution in [1.82, 2.24) is 0 Å². The molecule has 0 N–H and O–H groups in total. The number of ketones is 1. The lowest BCUT2D eigenvalue weighted by Gasteiger charge is -2.09. The molecular weight excluding hydrogens is 392 g/mol. The molecule has 1 heterocycles. The maximum absolute atomic E-state index is 12.9. The van der Waals surface area contributed by atoms with Gasteiger partial charge in [-0.15, -0.1) is 0 Å². The third-order valence-corrected chi connectivity index (χ3v) is 4.74. The lowest BCUT2D eigenvalue weighted by molar-refractivity contribution is -0.135. The van der Waals surface area contributed by atoms with E-state index < -0.39 is 18.4 Å². The molecule has 4 aromatic rings. The first-order valence-corrected chi connectivity index (χ1v) is 9.74. The Balaban J connectivity index is 1.55. The van der Waals surface area contributed by atoms with E-state index in [4.69, 9.17) is 13.9 Å². The maximum atomic E-state index is 12.9. The zero-order valence-electron chi connectivity index (χ0n) is 16.9. The maximum Gasteiger partial charge on any atom is 0.339 e. The second kappa shape index (κ2) is 9.13. The van der Waals surface area contributed by atoms with Crippen LogP contribution in [0.2, 0.25) is 0 Å². The van der Waals surface area contributed by atoms with Crippen molar-refractivity contribution in [2.45, 2.75) is 0 Å². The van der Waals surface area contributed by atoms with Crippen molar-refractivity contribution in [3.05, 3.63) is 102 Å². The average molecular weight is 412 g/mol. The number of carbonyl (C=O) groups is 2. The van der Waals surface area contributed by atoms with E-state index in [-0.39, 0.29) is 5.76 Å². The van der Waals surface area contributed by atoms with Crippen molar-refractivity contribution in [3.8, 4) is 5.75 Å². The van der Waals surface area contributed by atoms with Crippen LogP contribution < -0.4 is 4.74 Å². The molecule has 0 fully saturated rings. The Morgan fingerprint density at radius 1 is 0.903 bits per heavy atom. The number of esters is 1. The second-order valence-corrected chi connectivity index (χ2v) is 6.85. The van der Waals surface area contributed by atoms with Crippen molar-refractivity contribution in [2.24, 2.45) is 0 Å². The molecule has 1 aromatic heterocycles. The number of hydrogen-bond acceptors (Lipinski definition) is 5. The van der Waals surface area contributed by atoms with Gasteiger partial charge in [0.25, 0.3) is 0 Å². The minimum Gasteiger partial charge on any atom is -0.497 e. The molecule has 0 saturated heterocycles. The zero-order valence-corrected chi connectivity index (χ0v) is 16.9. The first-order chi connectivity index (χ1) is 15.1. The summed E-state index contributed by atoms with van der Waals surface area (Å²) in [6.45, 7) is -0.416. The van der Waals surface area contributed by atoms with E-state index in [0.29, 0.717) is 22.5 Å². The topological polar surface area (TPSA) is 65.7 Å². The predicted molar refractivity (Wildman–Crippen MR) is 119 cm³/mol. The van der Waals surface area contributed by atoms with Gasteiger partial charge in [0.2, 0.25) is 5.78 Å². The number of ether oxygens (including phenoxy) is 2. The minimum atomic E-state index is -0.599. The van der Waals surface area contributed by atoms with Crippen LogP contribution in [0.5, 0.6) is 5.75 Å². The molecule has 5 nitrogen and oxygen atoms in total. The van der Waals surface area contributed by atoms with Crippen molar-refractivity contribution < 1.29 is 23.5 Å². The molecule has 0 spiro atoms. The van der Waals surface area contributed by atoms with Gasteiger partial charge in [-0.05, 0) is 41.5 Å². The number of Topliss-reactive ketones (excluding diaryl/α,β-unsaturated/α-hetero) is 1. The normalized spacial score (nSPS) is 11.3. The smallest absolute Gasteiger partial charge is 0.339 e. The average Bonchev–Trinajstić information content (AvgIpc) is 3.26. The lowest BCUT2D eigenvalue weighted by atomic mass is 10.0. The van der Waals surface area contributed by atoms with Gasteiger partial charge < -0.3 is 13.9 Å². The van der Waals surface area contributed by atoms with Crippen molar-refractivity contribution in [1.29, 1.82) is 0 Å². The molecule has 3 aromatic carbocycles. The molecule has 0 saturated carbocycles. The fraction of sp³-hybridized carbons (Fsp3) is 0.0769. The van der Waals surface area contributed by atoms with E-state index >= 15 is 0 Å². The molecule has 0 bridgehead atoms. The standard InChI is InChI=1S/C26H20O5/c1-29-21-12-7-8-18(14-21)15-22(19-9-3-2-4-10-19)26(28)30-17-23(27)25-16-20-11-5-6-13-24(20)31-25/h2-16H,17H2,1H3. The molecule has 5 heteroatoms. The van der Waals surface area contributed by atoms with Crippen LogP contribution in [0.3, 0.4) is 0 Å². The summed E-state index contributed by atoms with van der Waals surface area (Å²) in [5.74, 6) is -0.168. The van der Waals surface area contributed by atoms with Gasteiger partial charge in [0.05, 0.1) is 12.7 Å². The summed E-state index contributed by atoms with van der Waals surface area (Å²) < 4.78 is 16.2. The summed E-state index contributed by atoms with van der Waals surface area (Å²) >= 11 is 0. The highest BCUT2D eigenvalue weighted by molar-refractivity contribution is 6.22. The Morgan fingerprint density at radius 3 is 2.45 bits per heavy atom. The molecule has 4 rings (SSSR count). The fourth-order valence-electron chi connectivity index (χ4n) is 3.18. The van der Waals surface area contributed by atoms with E-state index in [1.165, 1.54) is 0 Å². The van der Waals surface area contributed by atoms with Gasteiger partial charge in [-0.2, -0.15) is 0 Å². The van der Waals surface area contributed by atoms with Gasteiger partial charge >= 0.3 is 5.97 Å². The summed E-state index contributed by atoms with van der Waals surface area (Å²) in [5.41, 5.74) is 2.41. The molecule has 0 aliphatic rings. The Bertz CT molecular complexity index is 1220. The number of carbonyl (C=O) groups excluding carboxylic acids is 2. The number of rotatable bonds is 7. The number of furan rings is 1. The van der Waals surface area contributed by atoms with Gasteiger partial charge in [0.1, 0.15) is 11.3 Å². The number of methoxy groups -OCH3 is 1. The number of hydrogen-bond donors (Lipinski definition) is 0. The van der Waals surface area contributed by atoms with Crippen molar-refractivity contribution >= 4 is 34.4 Å². The van der Waals surface area contributed by atoms with Crippen LogP contribution in [-0.4, -0.2) is 25.5 Å². The monoisotopic (exact) mass is 412 g/mol. The van der Waals surface area contributed by atoms with Crippen molar-refractivity contribution in [2.75, 3.05) is 13.7 Å². The third kappa shape index (κ3) is 4.73. The van der Waals surface area contributed by atoms with Gasteiger partial charge in [0, 0.05) is 5.39 Å². The Hall–Kier alpha value is -4.12. The second-order valence-electron chi connectivity index (χ2n) is 6.85. The summed E-state index contributed by atoms with van der Waals surface area (Å²) in [6.07, 6.45) is 1.71. The molecule has 0 amide bonds. The predicted octanol–water partition coefficient (Wildman–Crippen LogP) is 5.41. The molecule has 31 heavy (non-hydrogen) atoms. The van der Waals surface area contributed by atoms with Crippen LogP contribution in [0.15, 0.2) is 89.3 Å². The fourth-order valence-corrected chi connectivity index (χ4v) is 3.18. The van der Waals surface area contributed by atoms with E-state index in [1.807, 2.05) is 72.8 Å². The molecule has 154 valence electrons. The van der Waals surface area contributed by atoms with E-state index in [9.17, 15) is 9.59 Å². The minimum absolute atomic E-state index is 0.159. The summed E-state index contributed by atoms with van der Waals surface area (Å²) in [4.78, 5) is 25.4. The van der Waals surface area contributed by atoms with Crippen LogP contribution >= 0.6 is 0 Å². The first kappa shape index (κ1) is 20.2. The number of fused-ring (bicyclic) bond motifs is 1. The molecule has 0 aliphatic carbocycles. The zero-order chi connectivity index (χ0) is 21.6. The first-order valence-electron chi connectivity index (χ1n) is 9.74. The third-order valence-electron chi connectivity index (χ3n) is 4.74. The van der Waals surface area contributed by atoms with Crippen LogP contribution in [0, 0.1) is 0 Å². The van der Waals surface area contributed by atoms with Gasteiger partial charge in [0.15, 0.2) is 12.4 Å². The van der Waals surface area contributed by atoms with Crippen LogP contribution in [0.1, 0.15) is 21.7 Å². The Labute approximate surface area is 179 Å². The van der Waals surface area contributed by atoms with Crippen LogP contribution in [-0.2, 0) is 9.53 Å². The highest BCUT2D eigenvalue weighted by atomic mass is 16.5. The molecule has 0 radical (unpaired) electrons. The SMILES string of the molecule is COc1cccc(C=C(C(=O)OCC(=O)c2cc3ccccc3o2)c2ccccc2)c1. The van der Waals surface area contributed by atoms with E-state index in [0.717, 1.165) is 10.9 Å². The largest absolute Gasteiger partial charge is 0.497 e. The Kier molecular flexibility index (Phi) is 5.94. The summed E-state index contributed by atoms with van der Waals surface area (Å²) in [7, 11) is 1.58. The lowest BCUT2D eigenvalue weighted by Crippen LogP contribution is -2.14. The quantitative estimate of drug-likeness (QED) is 0.176. The highest BCUT2D eigenvalue weighted by Crippen LogP contribution is 2.23. The molecule has 0 atom stereocenters. The van der Waals surface area contributed by atoms with Crippen LogP contribution in [0.25, 0.3) is 22.6 Å². The van der Waals surface area contributed by atoms with Gasteiger partial charge in [-0.1, -0.05) is 60.7 Å². The van der Waals surface area contributed by atoms with Gasteiger partial charge in [-0.3, -0.25) is 4.79 Å². The summed E-state index contributed by atoms with van der Waals surface area (Å²) in [5, 5.41) is 0.820. The van der Waals surface area contributed by atoms with Crippen molar-refractivity contribution in [3.63, 3.8) is 0 Å².